The molecule has 0 aromatic heterocycles. The molecule has 0 saturated heterocycles. The molecule has 0 fully saturated rings. The number of esters is 1. The largest absolute Gasteiger partial charge is 0.460 e. The molecule has 0 aliphatic carbocycles. The summed E-state index contributed by atoms with van der Waals surface area (Å²) in [7, 11) is 0. The third-order valence-electron chi connectivity index (χ3n) is 3.29. The molecule has 0 radical (unpaired) electrons. The minimum absolute atomic E-state index is 0.184. The van der Waals surface area contributed by atoms with Crippen LogP contribution in [0, 0.1) is 5.92 Å². The second-order valence-corrected chi connectivity index (χ2v) is 4.78. The highest BCUT2D eigenvalue weighted by molar-refractivity contribution is 6.08. The molecule has 0 aliphatic rings. The maximum atomic E-state index is 12.3. The number of hydrogen-bond acceptors (Lipinski definition) is 3. The fourth-order valence-electron chi connectivity index (χ4n) is 2.09. The van der Waals surface area contributed by atoms with Crippen LogP contribution in [0.2, 0.25) is 0 Å². The van der Waals surface area contributed by atoms with Gasteiger partial charge in [0.25, 0.3) is 0 Å². The Labute approximate surface area is 124 Å². The Morgan fingerprint density at radius 2 is 1.52 bits per heavy atom. The van der Waals surface area contributed by atoms with Crippen molar-refractivity contribution in [2.24, 2.45) is 5.92 Å². The lowest BCUT2D eigenvalue weighted by Crippen LogP contribution is -2.25. The van der Waals surface area contributed by atoms with Crippen LogP contribution in [0.4, 0.5) is 0 Å². The minimum Gasteiger partial charge on any atom is -0.460 e. The van der Waals surface area contributed by atoms with Crippen molar-refractivity contribution in [3.63, 3.8) is 0 Å². The van der Waals surface area contributed by atoms with Crippen molar-refractivity contribution in [1.82, 2.24) is 0 Å². The number of ether oxygens (including phenoxy) is 1. The normalized spacial score (nSPS) is 11.7. The highest BCUT2D eigenvalue weighted by atomic mass is 16.5. The van der Waals surface area contributed by atoms with Crippen LogP contribution in [-0.4, -0.2) is 11.8 Å². The Hall–Kier alpha value is -2.42. The third-order valence-corrected chi connectivity index (χ3v) is 3.29. The number of benzene rings is 2. The van der Waals surface area contributed by atoms with Crippen LogP contribution in [0.15, 0.2) is 60.7 Å². The summed E-state index contributed by atoms with van der Waals surface area (Å²) in [4.78, 5) is 24.4. The van der Waals surface area contributed by atoms with Gasteiger partial charge in [0.05, 0.1) is 0 Å². The van der Waals surface area contributed by atoms with Gasteiger partial charge in [0, 0.05) is 5.56 Å². The van der Waals surface area contributed by atoms with Gasteiger partial charge in [-0.1, -0.05) is 67.6 Å². The van der Waals surface area contributed by atoms with E-state index in [1.54, 1.807) is 24.3 Å². The first-order chi connectivity index (χ1) is 10.2. The van der Waals surface area contributed by atoms with E-state index in [1.165, 1.54) is 0 Å². The molecule has 0 aliphatic heterocycles. The minimum atomic E-state index is -0.740. The first kappa shape index (κ1) is 15.0. The number of hydrogen-bond donors (Lipinski definition) is 0. The lowest BCUT2D eigenvalue weighted by atomic mass is 9.95. The SMILES string of the molecule is CC[C@@H](C(=O)OCc1ccccc1)C(=O)c1ccccc1. The zero-order valence-electron chi connectivity index (χ0n) is 12.0. The summed E-state index contributed by atoms with van der Waals surface area (Å²) in [6.07, 6.45) is 0.432. The summed E-state index contributed by atoms with van der Waals surface area (Å²) in [6, 6.07) is 18.3. The van der Waals surface area contributed by atoms with E-state index in [-0.39, 0.29) is 12.4 Å². The van der Waals surface area contributed by atoms with Crippen LogP contribution in [0.5, 0.6) is 0 Å². The lowest BCUT2D eigenvalue weighted by Gasteiger charge is -2.13. The summed E-state index contributed by atoms with van der Waals surface area (Å²) in [6.45, 7) is 2.01. The number of rotatable bonds is 6. The van der Waals surface area contributed by atoms with Gasteiger partial charge >= 0.3 is 5.97 Å². The third kappa shape index (κ3) is 4.02. The van der Waals surface area contributed by atoms with Crippen LogP contribution in [0.1, 0.15) is 29.3 Å². The summed E-state index contributed by atoms with van der Waals surface area (Å²) >= 11 is 0. The molecule has 3 nitrogen and oxygen atoms in total. The molecule has 0 spiro atoms. The Kier molecular flexibility index (Phi) is 5.27. The van der Waals surface area contributed by atoms with Crippen molar-refractivity contribution in [3.05, 3.63) is 71.8 Å². The first-order valence-electron chi connectivity index (χ1n) is 7.02. The highest BCUT2D eigenvalue weighted by Gasteiger charge is 2.27. The molecule has 0 N–H and O–H groups in total. The smallest absolute Gasteiger partial charge is 0.317 e. The van der Waals surface area contributed by atoms with Crippen LogP contribution < -0.4 is 0 Å². The molecule has 2 rings (SSSR count). The van der Waals surface area contributed by atoms with E-state index < -0.39 is 11.9 Å². The fourth-order valence-corrected chi connectivity index (χ4v) is 2.09. The molecule has 0 unspecified atom stereocenters. The van der Waals surface area contributed by atoms with Gasteiger partial charge < -0.3 is 4.74 Å². The summed E-state index contributed by atoms with van der Waals surface area (Å²) in [5, 5.41) is 0. The second-order valence-electron chi connectivity index (χ2n) is 4.78. The lowest BCUT2D eigenvalue weighted by molar-refractivity contribution is -0.148. The van der Waals surface area contributed by atoms with Crippen molar-refractivity contribution >= 4 is 11.8 Å². The van der Waals surface area contributed by atoms with Crippen LogP contribution in [-0.2, 0) is 16.1 Å². The average Bonchev–Trinajstić information content (AvgIpc) is 2.55. The van der Waals surface area contributed by atoms with Crippen LogP contribution >= 0.6 is 0 Å². The molecule has 3 heteroatoms. The van der Waals surface area contributed by atoms with E-state index in [0.717, 1.165) is 5.56 Å². The topological polar surface area (TPSA) is 43.4 Å². The van der Waals surface area contributed by atoms with Crippen LogP contribution in [0.25, 0.3) is 0 Å². The Morgan fingerprint density at radius 3 is 2.10 bits per heavy atom. The number of carbonyl (C=O) groups excluding carboxylic acids is 2. The Morgan fingerprint density at radius 1 is 0.952 bits per heavy atom. The maximum absolute atomic E-state index is 12.3. The van der Waals surface area contributed by atoms with Gasteiger partial charge in [-0.25, -0.2) is 0 Å². The van der Waals surface area contributed by atoms with Gasteiger partial charge in [0.15, 0.2) is 5.78 Å². The standard InChI is InChI=1S/C18H18O3/c1-2-16(17(19)15-11-7-4-8-12-15)18(20)21-13-14-9-5-3-6-10-14/h3-12,16H,2,13H2,1H3/t16-/m1/s1. The van der Waals surface area contributed by atoms with Gasteiger partial charge in [0.1, 0.15) is 12.5 Å². The van der Waals surface area contributed by atoms with Gasteiger partial charge in [-0.3, -0.25) is 9.59 Å². The molecule has 2 aromatic carbocycles. The molecule has 21 heavy (non-hydrogen) atoms. The predicted octanol–water partition coefficient (Wildman–Crippen LogP) is 3.64. The van der Waals surface area contributed by atoms with Crippen molar-refractivity contribution in [3.8, 4) is 0 Å². The van der Waals surface area contributed by atoms with Crippen molar-refractivity contribution in [2.75, 3.05) is 0 Å². The molecular formula is C18H18O3. The Balaban J connectivity index is 2.00. The fraction of sp³-hybridized carbons (Fsp3) is 0.222. The molecule has 1 atom stereocenters. The molecular weight excluding hydrogens is 264 g/mol. The molecule has 108 valence electrons. The number of ketones is 1. The Bertz CT molecular complexity index is 590. The maximum Gasteiger partial charge on any atom is 0.317 e. The summed E-state index contributed by atoms with van der Waals surface area (Å²) < 4.78 is 5.26. The summed E-state index contributed by atoms with van der Waals surface area (Å²) in [5.41, 5.74) is 1.45. The second kappa shape index (κ2) is 7.39. The number of carbonyl (C=O) groups is 2. The van der Waals surface area contributed by atoms with Crippen molar-refractivity contribution in [1.29, 1.82) is 0 Å². The zero-order valence-corrected chi connectivity index (χ0v) is 12.0. The van der Waals surface area contributed by atoms with Gasteiger partial charge in [0.2, 0.25) is 0 Å². The van der Waals surface area contributed by atoms with Crippen molar-refractivity contribution < 1.29 is 14.3 Å². The van der Waals surface area contributed by atoms with E-state index in [0.29, 0.717) is 12.0 Å². The molecule has 2 aromatic rings. The first-order valence-corrected chi connectivity index (χ1v) is 7.02. The molecule has 0 bridgehead atoms. The highest BCUT2D eigenvalue weighted by Crippen LogP contribution is 2.15. The van der Waals surface area contributed by atoms with E-state index in [4.69, 9.17) is 4.74 Å². The quantitative estimate of drug-likeness (QED) is 0.461. The van der Waals surface area contributed by atoms with Gasteiger partial charge in [-0.15, -0.1) is 0 Å². The van der Waals surface area contributed by atoms with Gasteiger partial charge in [-0.05, 0) is 12.0 Å². The van der Waals surface area contributed by atoms with E-state index in [2.05, 4.69) is 0 Å². The molecule has 0 saturated carbocycles. The molecule has 0 heterocycles. The van der Waals surface area contributed by atoms with Crippen LogP contribution in [0.3, 0.4) is 0 Å². The van der Waals surface area contributed by atoms with Gasteiger partial charge in [-0.2, -0.15) is 0 Å². The summed E-state index contributed by atoms with van der Waals surface area (Å²) in [5.74, 6) is -1.39. The zero-order chi connectivity index (χ0) is 15.1. The predicted molar refractivity (Wildman–Crippen MR) is 80.8 cm³/mol. The number of Topliss-reactive ketones (excluding diaryl/α,β-unsaturated/α-hetero) is 1. The van der Waals surface area contributed by atoms with E-state index >= 15 is 0 Å². The van der Waals surface area contributed by atoms with Crippen molar-refractivity contribution in [2.45, 2.75) is 20.0 Å². The molecule has 0 amide bonds. The van der Waals surface area contributed by atoms with E-state index in [1.807, 2.05) is 43.3 Å². The van der Waals surface area contributed by atoms with E-state index in [9.17, 15) is 9.59 Å². The monoisotopic (exact) mass is 282 g/mol. The average molecular weight is 282 g/mol.